The fourth-order valence-corrected chi connectivity index (χ4v) is 2.92. The quantitative estimate of drug-likeness (QED) is 0.481. The molecular weight excluding hydrogens is 284 g/mol. The molecule has 0 N–H and O–H groups in total. The molecule has 0 saturated carbocycles. The SMILES string of the molecule is C.O=C1C=CC(=O)C(c2cccc3cc4ccccc4cc23)=C1. The third-order valence-electron chi connectivity index (χ3n) is 3.99. The number of carbonyl (C=O) groups excluding carboxylic acids is 2. The molecule has 0 bridgehead atoms. The molecule has 2 heteroatoms. The monoisotopic (exact) mass is 300 g/mol. The number of allylic oxidation sites excluding steroid dienone is 4. The Morgan fingerprint density at radius 2 is 1.39 bits per heavy atom. The lowest BCUT2D eigenvalue weighted by atomic mass is 9.91. The minimum absolute atomic E-state index is 0. The fourth-order valence-electron chi connectivity index (χ4n) is 2.92. The Hall–Kier alpha value is -3.00. The molecule has 23 heavy (non-hydrogen) atoms. The van der Waals surface area contributed by atoms with E-state index in [1.165, 1.54) is 18.2 Å². The van der Waals surface area contributed by atoms with Crippen LogP contribution in [0, 0.1) is 0 Å². The second-order valence-electron chi connectivity index (χ2n) is 5.38. The van der Waals surface area contributed by atoms with E-state index in [0.717, 1.165) is 27.1 Å². The summed E-state index contributed by atoms with van der Waals surface area (Å²) in [5.41, 5.74) is 1.28. The fraction of sp³-hybridized carbons (Fsp3) is 0.0476. The highest BCUT2D eigenvalue weighted by molar-refractivity contribution is 6.35. The molecule has 1 aliphatic rings. The van der Waals surface area contributed by atoms with Crippen molar-refractivity contribution < 1.29 is 9.59 Å². The van der Waals surface area contributed by atoms with E-state index in [9.17, 15) is 9.59 Å². The molecule has 4 rings (SSSR count). The zero-order chi connectivity index (χ0) is 15.1. The van der Waals surface area contributed by atoms with Gasteiger partial charge in [-0.05, 0) is 57.5 Å². The van der Waals surface area contributed by atoms with Gasteiger partial charge in [0.2, 0.25) is 0 Å². The van der Waals surface area contributed by atoms with Crippen molar-refractivity contribution in [2.45, 2.75) is 7.43 Å². The summed E-state index contributed by atoms with van der Waals surface area (Å²) in [6.07, 6.45) is 4.08. The molecule has 0 aliphatic heterocycles. The molecule has 0 amide bonds. The molecule has 3 aromatic carbocycles. The first kappa shape index (κ1) is 14.9. The highest BCUT2D eigenvalue weighted by atomic mass is 16.1. The number of rotatable bonds is 1. The Morgan fingerprint density at radius 3 is 2.17 bits per heavy atom. The number of hydrogen-bond acceptors (Lipinski definition) is 2. The first-order valence-electron chi connectivity index (χ1n) is 7.12. The molecule has 0 radical (unpaired) electrons. The van der Waals surface area contributed by atoms with Crippen LogP contribution in [0.4, 0.5) is 0 Å². The second kappa shape index (κ2) is 5.65. The Morgan fingerprint density at radius 1 is 0.696 bits per heavy atom. The summed E-state index contributed by atoms with van der Waals surface area (Å²) >= 11 is 0. The summed E-state index contributed by atoms with van der Waals surface area (Å²) in [7, 11) is 0. The Bertz CT molecular complexity index is 1010. The lowest BCUT2D eigenvalue weighted by molar-refractivity contribution is -0.113. The predicted molar refractivity (Wildman–Crippen MR) is 95.3 cm³/mol. The highest BCUT2D eigenvalue weighted by Crippen LogP contribution is 2.30. The van der Waals surface area contributed by atoms with Gasteiger partial charge in [0.05, 0.1) is 0 Å². The zero-order valence-electron chi connectivity index (χ0n) is 11.7. The maximum absolute atomic E-state index is 12.1. The van der Waals surface area contributed by atoms with Crippen molar-refractivity contribution in [3.63, 3.8) is 0 Å². The van der Waals surface area contributed by atoms with Gasteiger partial charge in [0.15, 0.2) is 11.6 Å². The van der Waals surface area contributed by atoms with Gasteiger partial charge in [-0.2, -0.15) is 0 Å². The van der Waals surface area contributed by atoms with Crippen molar-refractivity contribution in [2.75, 3.05) is 0 Å². The minimum atomic E-state index is -0.146. The number of ketones is 2. The summed E-state index contributed by atoms with van der Waals surface area (Å²) in [6.45, 7) is 0. The van der Waals surface area contributed by atoms with E-state index in [1.807, 2.05) is 36.4 Å². The van der Waals surface area contributed by atoms with Gasteiger partial charge in [0, 0.05) is 5.57 Å². The van der Waals surface area contributed by atoms with E-state index in [4.69, 9.17) is 0 Å². The first-order valence-corrected chi connectivity index (χ1v) is 7.12. The van der Waals surface area contributed by atoms with Crippen LogP contribution in [0.2, 0.25) is 0 Å². The maximum atomic E-state index is 12.1. The summed E-state index contributed by atoms with van der Waals surface area (Å²) in [6, 6.07) is 18.2. The maximum Gasteiger partial charge on any atom is 0.186 e. The number of benzene rings is 3. The van der Waals surface area contributed by atoms with E-state index in [2.05, 4.69) is 18.2 Å². The van der Waals surface area contributed by atoms with Crippen LogP contribution >= 0.6 is 0 Å². The molecule has 0 atom stereocenters. The average molecular weight is 300 g/mol. The molecule has 0 unspecified atom stereocenters. The third-order valence-corrected chi connectivity index (χ3v) is 3.99. The number of carbonyl (C=O) groups is 2. The van der Waals surface area contributed by atoms with Gasteiger partial charge < -0.3 is 0 Å². The van der Waals surface area contributed by atoms with Gasteiger partial charge in [-0.15, -0.1) is 0 Å². The van der Waals surface area contributed by atoms with Crippen LogP contribution in [0.1, 0.15) is 13.0 Å². The van der Waals surface area contributed by atoms with Gasteiger partial charge in [0.25, 0.3) is 0 Å². The summed E-state index contributed by atoms with van der Waals surface area (Å²) in [5, 5.41) is 4.33. The topological polar surface area (TPSA) is 34.1 Å². The van der Waals surface area contributed by atoms with Gasteiger partial charge in [-0.1, -0.05) is 49.9 Å². The van der Waals surface area contributed by atoms with Gasteiger partial charge >= 0.3 is 0 Å². The van der Waals surface area contributed by atoms with Crippen molar-refractivity contribution in [1.29, 1.82) is 0 Å². The van der Waals surface area contributed by atoms with Crippen LogP contribution in [0.25, 0.3) is 27.1 Å². The highest BCUT2D eigenvalue weighted by Gasteiger charge is 2.17. The van der Waals surface area contributed by atoms with Crippen LogP contribution in [0.15, 0.2) is 72.8 Å². The van der Waals surface area contributed by atoms with Crippen LogP contribution in [-0.2, 0) is 9.59 Å². The number of hydrogen-bond donors (Lipinski definition) is 0. The smallest absolute Gasteiger partial charge is 0.186 e. The first-order chi connectivity index (χ1) is 10.7. The molecule has 1 aliphatic carbocycles. The van der Waals surface area contributed by atoms with Gasteiger partial charge in [0.1, 0.15) is 0 Å². The third kappa shape index (κ3) is 2.49. The van der Waals surface area contributed by atoms with Gasteiger partial charge in [-0.3, -0.25) is 9.59 Å². The summed E-state index contributed by atoms with van der Waals surface area (Å²) in [4.78, 5) is 23.8. The van der Waals surface area contributed by atoms with Crippen molar-refractivity contribution in [3.8, 4) is 0 Å². The summed E-state index contributed by atoms with van der Waals surface area (Å²) < 4.78 is 0. The van der Waals surface area contributed by atoms with E-state index in [1.54, 1.807) is 0 Å². The standard InChI is InChI=1S/C20H12O2.CH4/c21-16-8-9-20(22)19(12-16)17-7-3-6-15-10-13-4-1-2-5-14(13)11-18(15)17;/h1-12H;1H4. The molecule has 3 aromatic rings. The van der Waals surface area contributed by atoms with Crippen molar-refractivity contribution in [1.82, 2.24) is 0 Å². The second-order valence-corrected chi connectivity index (χ2v) is 5.38. The predicted octanol–water partition coefficient (Wildman–Crippen LogP) is 4.72. The van der Waals surface area contributed by atoms with E-state index in [-0.39, 0.29) is 19.0 Å². The lowest BCUT2D eigenvalue weighted by Gasteiger charge is -2.11. The molecule has 0 heterocycles. The van der Waals surface area contributed by atoms with Crippen LogP contribution < -0.4 is 0 Å². The molecule has 0 aromatic heterocycles. The molecule has 0 saturated heterocycles. The van der Waals surface area contributed by atoms with E-state index >= 15 is 0 Å². The average Bonchev–Trinajstić information content (AvgIpc) is 2.55. The zero-order valence-corrected chi connectivity index (χ0v) is 11.7. The molecular formula is C21H16O2. The van der Waals surface area contributed by atoms with E-state index < -0.39 is 0 Å². The molecule has 2 nitrogen and oxygen atoms in total. The molecule has 0 fully saturated rings. The van der Waals surface area contributed by atoms with Gasteiger partial charge in [-0.25, -0.2) is 0 Å². The number of fused-ring (bicyclic) bond motifs is 2. The van der Waals surface area contributed by atoms with Crippen LogP contribution in [0.3, 0.4) is 0 Å². The normalized spacial score (nSPS) is 14.0. The van der Waals surface area contributed by atoms with Crippen molar-refractivity contribution >= 4 is 38.7 Å². The lowest BCUT2D eigenvalue weighted by Crippen LogP contribution is -2.06. The minimum Gasteiger partial charge on any atom is -0.290 e. The molecule has 0 spiro atoms. The van der Waals surface area contributed by atoms with Crippen LogP contribution in [-0.4, -0.2) is 11.6 Å². The van der Waals surface area contributed by atoms with Crippen molar-refractivity contribution in [3.05, 3.63) is 78.4 Å². The largest absolute Gasteiger partial charge is 0.290 e. The summed E-state index contributed by atoms with van der Waals surface area (Å²) in [5.74, 6) is -0.271. The van der Waals surface area contributed by atoms with E-state index in [0.29, 0.717) is 5.57 Å². The Balaban J connectivity index is 0.00000156. The Labute approximate surface area is 134 Å². The van der Waals surface area contributed by atoms with Crippen molar-refractivity contribution in [2.24, 2.45) is 0 Å². The van der Waals surface area contributed by atoms with Crippen LogP contribution in [0.5, 0.6) is 0 Å². The molecule has 112 valence electrons. The Kier molecular flexibility index (Phi) is 3.67.